The Balaban J connectivity index is 2.07. The summed E-state index contributed by atoms with van der Waals surface area (Å²) in [7, 11) is 1.83. The summed E-state index contributed by atoms with van der Waals surface area (Å²) >= 11 is 1.64. The summed E-state index contributed by atoms with van der Waals surface area (Å²) in [6.45, 7) is 2.10. The molecule has 1 heterocycles. The molecule has 0 radical (unpaired) electrons. The second-order valence-corrected chi connectivity index (χ2v) is 5.66. The van der Waals surface area contributed by atoms with E-state index in [1.807, 2.05) is 7.05 Å². The Labute approximate surface area is 113 Å². The highest BCUT2D eigenvalue weighted by atomic mass is 32.2. The molecule has 5 nitrogen and oxygen atoms in total. The fourth-order valence-electron chi connectivity index (χ4n) is 2.16. The average molecular weight is 267 g/mol. The molecule has 2 N–H and O–H groups in total. The van der Waals surface area contributed by atoms with Crippen LogP contribution in [0.3, 0.4) is 0 Å². The molecule has 0 spiro atoms. The van der Waals surface area contributed by atoms with Crippen LogP contribution in [0.5, 0.6) is 0 Å². The third-order valence-electron chi connectivity index (χ3n) is 3.05. The number of thioether (sulfide) groups is 1. The number of hydrogen-bond acceptors (Lipinski definition) is 6. The van der Waals surface area contributed by atoms with Crippen molar-refractivity contribution in [2.75, 3.05) is 23.4 Å². The lowest BCUT2D eigenvalue weighted by Crippen LogP contribution is -2.24. The van der Waals surface area contributed by atoms with E-state index in [0.717, 1.165) is 10.9 Å². The molecule has 1 aromatic rings. The van der Waals surface area contributed by atoms with Crippen LogP contribution in [-0.2, 0) is 0 Å². The minimum atomic E-state index is 0.519. The first kappa shape index (κ1) is 13.4. The largest absolute Gasteiger partial charge is 0.357 e. The van der Waals surface area contributed by atoms with E-state index in [0.29, 0.717) is 17.9 Å². The van der Waals surface area contributed by atoms with Crippen molar-refractivity contribution in [1.29, 1.82) is 0 Å². The maximum atomic E-state index is 4.45. The van der Waals surface area contributed by atoms with Crippen molar-refractivity contribution in [2.24, 2.45) is 0 Å². The van der Waals surface area contributed by atoms with Crippen LogP contribution in [-0.4, -0.2) is 33.8 Å². The summed E-state index contributed by atoms with van der Waals surface area (Å²) < 4.78 is 0. The average Bonchev–Trinajstić information content (AvgIpc) is 2.40. The molecule has 2 rings (SSSR count). The third kappa shape index (κ3) is 3.73. The highest BCUT2D eigenvalue weighted by molar-refractivity contribution is 7.99. The zero-order chi connectivity index (χ0) is 12.8. The van der Waals surface area contributed by atoms with E-state index < -0.39 is 0 Å². The first-order valence-corrected chi connectivity index (χ1v) is 7.63. The lowest BCUT2D eigenvalue weighted by atomic mass is 9.96. The van der Waals surface area contributed by atoms with Gasteiger partial charge >= 0.3 is 0 Å². The lowest BCUT2D eigenvalue weighted by molar-refractivity contribution is 0.460. The molecule has 1 aliphatic carbocycles. The van der Waals surface area contributed by atoms with Gasteiger partial charge in [0.1, 0.15) is 0 Å². The number of nitrogens with zero attached hydrogens (tertiary/aromatic N) is 3. The predicted molar refractivity (Wildman–Crippen MR) is 76.3 cm³/mol. The highest BCUT2D eigenvalue weighted by Gasteiger charge is 2.15. The van der Waals surface area contributed by atoms with Crippen LogP contribution in [0.2, 0.25) is 0 Å². The Morgan fingerprint density at radius 2 is 1.83 bits per heavy atom. The molecule has 1 saturated carbocycles. The van der Waals surface area contributed by atoms with Crippen LogP contribution in [0.25, 0.3) is 0 Å². The number of rotatable bonds is 5. The van der Waals surface area contributed by atoms with Crippen molar-refractivity contribution in [3.8, 4) is 0 Å². The number of anilines is 2. The van der Waals surface area contributed by atoms with Gasteiger partial charge in [0.15, 0.2) is 5.16 Å². The van der Waals surface area contributed by atoms with Crippen molar-refractivity contribution >= 4 is 23.7 Å². The van der Waals surface area contributed by atoms with E-state index in [2.05, 4.69) is 32.5 Å². The molecule has 1 fully saturated rings. The molecule has 18 heavy (non-hydrogen) atoms. The van der Waals surface area contributed by atoms with Gasteiger partial charge in [0.25, 0.3) is 0 Å². The van der Waals surface area contributed by atoms with Gasteiger partial charge in [0, 0.05) is 13.1 Å². The van der Waals surface area contributed by atoms with Crippen molar-refractivity contribution in [1.82, 2.24) is 15.0 Å². The van der Waals surface area contributed by atoms with Gasteiger partial charge in [-0.1, -0.05) is 37.9 Å². The van der Waals surface area contributed by atoms with E-state index in [1.54, 1.807) is 11.8 Å². The number of nitrogens with one attached hydrogen (secondary N) is 2. The quantitative estimate of drug-likeness (QED) is 0.800. The van der Waals surface area contributed by atoms with E-state index in [4.69, 9.17) is 0 Å². The number of hydrogen-bond donors (Lipinski definition) is 2. The number of aromatic nitrogens is 3. The molecule has 0 saturated heterocycles. The predicted octanol–water partition coefficient (Wildman–Crippen LogP) is 2.77. The van der Waals surface area contributed by atoms with E-state index in [9.17, 15) is 0 Å². The molecule has 1 aromatic heterocycles. The maximum absolute atomic E-state index is 4.45. The van der Waals surface area contributed by atoms with E-state index >= 15 is 0 Å². The summed E-state index contributed by atoms with van der Waals surface area (Å²) in [4.78, 5) is 13.1. The van der Waals surface area contributed by atoms with Crippen molar-refractivity contribution < 1.29 is 0 Å². The maximum Gasteiger partial charge on any atom is 0.228 e. The molecule has 6 heteroatoms. The first-order valence-electron chi connectivity index (χ1n) is 6.65. The Morgan fingerprint density at radius 3 is 2.50 bits per heavy atom. The van der Waals surface area contributed by atoms with E-state index in [-0.39, 0.29) is 0 Å². The first-order chi connectivity index (χ1) is 8.81. The molecular formula is C12H21N5S. The molecule has 100 valence electrons. The Hall–Kier alpha value is -1.04. The fraction of sp³-hybridized carbons (Fsp3) is 0.750. The zero-order valence-corrected chi connectivity index (χ0v) is 11.9. The normalized spacial score (nSPS) is 16.6. The molecule has 1 aliphatic rings. The summed E-state index contributed by atoms with van der Waals surface area (Å²) in [6, 6.07) is 0.519. The van der Waals surface area contributed by atoms with Crippen LogP contribution in [0.4, 0.5) is 11.9 Å². The standard InChI is InChI=1S/C12H21N5S/c1-3-18-12-16-10(13-2)15-11(17-12)14-9-7-5-4-6-8-9/h9H,3-8H2,1-2H3,(H2,13,14,15,16,17). The van der Waals surface area contributed by atoms with Crippen molar-refractivity contribution in [3.05, 3.63) is 0 Å². The summed E-state index contributed by atoms with van der Waals surface area (Å²) in [5, 5.41) is 7.21. The van der Waals surface area contributed by atoms with Gasteiger partial charge < -0.3 is 10.6 Å². The molecule has 0 aromatic carbocycles. The second-order valence-electron chi connectivity index (χ2n) is 4.43. The Bertz CT molecular complexity index is 379. The molecule has 0 aliphatic heterocycles. The summed E-state index contributed by atoms with van der Waals surface area (Å²) in [5.41, 5.74) is 0. The van der Waals surface area contributed by atoms with Crippen LogP contribution in [0.15, 0.2) is 5.16 Å². The molecule has 0 bridgehead atoms. The van der Waals surface area contributed by atoms with Crippen molar-refractivity contribution in [3.63, 3.8) is 0 Å². The molecule has 0 unspecified atom stereocenters. The lowest BCUT2D eigenvalue weighted by Gasteiger charge is -2.22. The molecule has 0 amide bonds. The minimum Gasteiger partial charge on any atom is -0.357 e. The molecular weight excluding hydrogens is 246 g/mol. The van der Waals surface area contributed by atoms with Gasteiger partial charge in [-0.05, 0) is 18.6 Å². The Morgan fingerprint density at radius 1 is 1.11 bits per heavy atom. The van der Waals surface area contributed by atoms with Gasteiger partial charge in [-0.25, -0.2) is 0 Å². The topological polar surface area (TPSA) is 62.7 Å². The smallest absolute Gasteiger partial charge is 0.228 e. The zero-order valence-electron chi connectivity index (χ0n) is 11.1. The van der Waals surface area contributed by atoms with Crippen LogP contribution < -0.4 is 10.6 Å². The Kier molecular flexibility index (Phi) is 5.04. The fourth-order valence-corrected chi connectivity index (χ4v) is 2.72. The van der Waals surface area contributed by atoms with Crippen LogP contribution >= 0.6 is 11.8 Å². The monoisotopic (exact) mass is 267 g/mol. The molecule has 0 atom stereocenters. The van der Waals surface area contributed by atoms with Gasteiger partial charge in [0.2, 0.25) is 11.9 Å². The van der Waals surface area contributed by atoms with Gasteiger partial charge in [-0.15, -0.1) is 0 Å². The second kappa shape index (κ2) is 6.78. The highest BCUT2D eigenvalue weighted by Crippen LogP contribution is 2.22. The SMILES string of the molecule is CCSc1nc(NC)nc(NC2CCCCC2)n1. The van der Waals surface area contributed by atoms with Crippen LogP contribution in [0, 0.1) is 0 Å². The summed E-state index contributed by atoms with van der Waals surface area (Å²) in [5.74, 6) is 2.31. The van der Waals surface area contributed by atoms with Crippen LogP contribution in [0.1, 0.15) is 39.0 Å². The van der Waals surface area contributed by atoms with E-state index in [1.165, 1.54) is 32.1 Å². The van der Waals surface area contributed by atoms with Gasteiger partial charge in [-0.2, -0.15) is 15.0 Å². The minimum absolute atomic E-state index is 0.519. The summed E-state index contributed by atoms with van der Waals surface area (Å²) in [6.07, 6.45) is 6.40. The van der Waals surface area contributed by atoms with Gasteiger partial charge in [-0.3, -0.25) is 0 Å². The van der Waals surface area contributed by atoms with Crippen molar-refractivity contribution in [2.45, 2.75) is 50.2 Å². The van der Waals surface area contributed by atoms with Gasteiger partial charge in [0.05, 0.1) is 0 Å². The third-order valence-corrected chi connectivity index (χ3v) is 3.78.